The summed E-state index contributed by atoms with van der Waals surface area (Å²) in [6, 6.07) is 0. The molecule has 0 unspecified atom stereocenters. The first-order chi connectivity index (χ1) is 6.70. The van der Waals surface area contributed by atoms with Crippen molar-refractivity contribution in [1.82, 2.24) is 9.78 Å². The molecule has 1 aromatic heterocycles. The molecule has 0 fully saturated rings. The van der Waals surface area contributed by atoms with Crippen LogP contribution in [0, 0.1) is 6.92 Å². The normalized spacial score (nSPS) is 10.8. The molecule has 0 amide bonds. The van der Waals surface area contributed by atoms with Gasteiger partial charge in [-0.2, -0.15) is 5.10 Å². The summed E-state index contributed by atoms with van der Waals surface area (Å²) in [5.41, 5.74) is 2.00. The lowest BCUT2D eigenvalue weighted by molar-refractivity contribution is 0.394. The number of hydrogen-bond donors (Lipinski definition) is 1. The van der Waals surface area contributed by atoms with Gasteiger partial charge in [0.25, 0.3) is 0 Å². The van der Waals surface area contributed by atoms with E-state index in [4.69, 9.17) is 0 Å². The summed E-state index contributed by atoms with van der Waals surface area (Å²) in [5.74, 6) is 0.345. The van der Waals surface area contributed by atoms with E-state index in [0.29, 0.717) is 5.88 Å². The summed E-state index contributed by atoms with van der Waals surface area (Å²) in [5, 5.41) is 14.2. The fraction of sp³-hybridized carbons (Fsp3) is 0.727. The molecule has 0 aliphatic heterocycles. The highest BCUT2D eigenvalue weighted by Crippen LogP contribution is 2.21. The quantitative estimate of drug-likeness (QED) is 0.786. The molecule has 0 bridgehead atoms. The fourth-order valence-corrected chi connectivity index (χ4v) is 1.54. The highest BCUT2D eigenvalue weighted by atomic mass is 16.3. The van der Waals surface area contributed by atoms with Gasteiger partial charge >= 0.3 is 0 Å². The molecule has 80 valence electrons. The van der Waals surface area contributed by atoms with Crippen LogP contribution in [0.4, 0.5) is 0 Å². The van der Waals surface area contributed by atoms with E-state index in [0.717, 1.165) is 37.1 Å². The summed E-state index contributed by atoms with van der Waals surface area (Å²) < 4.78 is 1.71. The second kappa shape index (κ2) is 5.03. The minimum absolute atomic E-state index is 0.345. The van der Waals surface area contributed by atoms with Crippen LogP contribution in [-0.4, -0.2) is 14.9 Å². The first-order valence-electron chi connectivity index (χ1n) is 5.45. The van der Waals surface area contributed by atoms with Gasteiger partial charge in [-0.15, -0.1) is 0 Å². The van der Waals surface area contributed by atoms with Crippen LogP contribution in [0.2, 0.25) is 0 Å². The van der Waals surface area contributed by atoms with Crippen molar-refractivity contribution in [1.29, 1.82) is 0 Å². The third-order valence-electron chi connectivity index (χ3n) is 2.46. The van der Waals surface area contributed by atoms with Crippen molar-refractivity contribution >= 4 is 0 Å². The number of aromatic hydroxyl groups is 1. The lowest BCUT2D eigenvalue weighted by Crippen LogP contribution is -1.99. The number of aromatic nitrogens is 2. The monoisotopic (exact) mass is 196 g/mol. The van der Waals surface area contributed by atoms with Gasteiger partial charge in [-0.05, 0) is 26.2 Å². The Morgan fingerprint density at radius 3 is 2.57 bits per heavy atom. The second-order valence-corrected chi connectivity index (χ2v) is 3.72. The van der Waals surface area contributed by atoms with Gasteiger partial charge in [0.2, 0.25) is 5.88 Å². The van der Waals surface area contributed by atoms with E-state index >= 15 is 0 Å². The highest BCUT2D eigenvalue weighted by Gasteiger charge is 2.11. The maximum absolute atomic E-state index is 9.75. The minimum atomic E-state index is 0.345. The molecule has 1 aromatic rings. The predicted molar refractivity (Wildman–Crippen MR) is 57.5 cm³/mol. The first-order valence-corrected chi connectivity index (χ1v) is 5.45. The molecule has 14 heavy (non-hydrogen) atoms. The Kier molecular flexibility index (Phi) is 3.98. The van der Waals surface area contributed by atoms with Crippen molar-refractivity contribution in [2.45, 2.75) is 53.0 Å². The molecule has 3 nitrogen and oxygen atoms in total. The molecule has 0 aliphatic rings. The Labute approximate surface area is 85.8 Å². The van der Waals surface area contributed by atoms with Crippen LogP contribution in [0.25, 0.3) is 0 Å². The van der Waals surface area contributed by atoms with Crippen molar-refractivity contribution in [3.05, 3.63) is 11.3 Å². The molecular formula is C11H20N2O. The SMILES string of the molecule is CCCCc1nn(CCC)c(O)c1C. The molecule has 1 rings (SSSR count). The van der Waals surface area contributed by atoms with Crippen LogP contribution in [0.5, 0.6) is 5.88 Å². The number of rotatable bonds is 5. The van der Waals surface area contributed by atoms with E-state index < -0.39 is 0 Å². The van der Waals surface area contributed by atoms with Crippen LogP contribution >= 0.6 is 0 Å². The average Bonchev–Trinajstić information content (AvgIpc) is 2.44. The first kappa shape index (κ1) is 11.1. The third kappa shape index (κ3) is 2.28. The van der Waals surface area contributed by atoms with E-state index in [1.807, 2.05) is 6.92 Å². The molecule has 0 radical (unpaired) electrons. The number of hydrogen-bond acceptors (Lipinski definition) is 2. The van der Waals surface area contributed by atoms with Gasteiger partial charge in [-0.1, -0.05) is 20.3 Å². The standard InChI is InChI=1S/C11H20N2O/c1-4-6-7-10-9(3)11(14)13(12-10)8-5-2/h14H,4-8H2,1-3H3. The molecule has 0 saturated carbocycles. The van der Waals surface area contributed by atoms with Crippen LogP contribution in [0.1, 0.15) is 44.4 Å². The molecule has 0 aromatic carbocycles. The largest absolute Gasteiger partial charge is 0.493 e. The van der Waals surface area contributed by atoms with Crippen molar-refractivity contribution < 1.29 is 5.11 Å². The van der Waals surface area contributed by atoms with Crippen molar-refractivity contribution in [2.75, 3.05) is 0 Å². The maximum Gasteiger partial charge on any atom is 0.212 e. The topological polar surface area (TPSA) is 38.0 Å². The van der Waals surface area contributed by atoms with Gasteiger partial charge in [-0.3, -0.25) is 0 Å². The third-order valence-corrected chi connectivity index (χ3v) is 2.46. The lowest BCUT2D eigenvalue weighted by atomic mass is 10.1. The van der Waals surface area contributed by atoms with Crippen molar-refractivity contribution in [3.8, 4) is 5.88 Å². The number of unbranched alkanes of at least 4 members (excludes halogenated alkanes) is 1. The minimum Gasteiger partial charge on any atom is -0.493 e. The summed E-state index contributed by atoms with van der Waals surface area (Å²) in [4.78, 5) is 0. The van der Waals surface area contributed by atoms with Gasteiger partial charge in [-0.25, -0.2) is 4.68 Å². The van der Waals surface area contributed by atoms with Crippen LogP contribution in [-0.2, 0) is 13.0 Å². The summed E-state index contributed by atoms with van der Waals surface area (Å²) in [6.07, 6.45) is 4.29. The predicted octanol–water partition coefficient (Wildman–Crippen LogP) is 2.65. The Hall–Kier alpha value is -0.990. The Bertz CT molecular complexity index is 292. The van der Waals surface area contributed by atoms with E-state index in [-0.39, 0.29) is 0 Å². The van der Waals surface area contributed by atoms with E-state index in [1.54, 1.807) is 4.68 Å². The van der Waals surface area contributed by atoms with Gasteiger partial charge in [0, 0.05) is 12.1 Å². The summed E-state index contributed by atoms with van der Waals surface area (Å²) in [6.45, 7) is 7.00. The van der Waals surface area contributed by atoms with Gasteiger partial charge in [0.05, 0.1) is 5.69 Å². The van der Waals surface area contributed by atoms with Crippen LogP contribution in [0.3, 0.4) is 0 Å². The van der Waals surface area contributed by atoms with Crippen molar-refractivity contribution in [2.24, 2.45) is 0 Å². The number of nitrogens with zero attached hydrogens (tertiary/aromatic N) is 2. The van der Waals surface area contributed by atoms with Crippen LogP contribution < -0.4 is 0 Å². The smallest absolute Gasteiger partial charge is 0.212 e. The zero-order valence-corrected chi connectivity index (χ0v) is 9.38. The molecule has 0 aliphatic carbocycles. The summed E-state index contributed by atoms with van der Waals surface area (Å²) in [7, 11) is 0. The fourth-order valence-electron chi connectivity index (χ4n) is 1.54. The Balaban J connectivity index is 2.79. The van der Waals surface area contributed by atoms with Gasteiger partial charge in [0.15, 0.2) is 0 Å². The molecular weight excluding hydrogens is 176 g/mol. The maximum atomic E-state index is 9.75. The van der Waals surface area contributed by atoms with E-state index in [2.05, 4.69) is 18.9 Å². The molecule has 0 atom stereocenters. The number of aryl methyl sites for hydroxylation is 2. The zero-order chi connectivity index (χ0) is 10.6. The second-order valence-electron chi connectivity index (χ2n) is 3.72. The zero-order valence-electron chi connectivity index (χ0n) is 9.38. The Morgan fingerprint density at radius 2 is 2.00 bits per heavy atom. The molecule has 0 saturated heterocycles. The highest BCUT2D eigenvalue weighted by molar-refractivity contribution is 5.28. The molecule has 0 spiro atoms. The molecule has 3 heteroatoms. The van der Waals surface area contributed by atoms with E-state index in [9.17, 15) is 5.11 Å². The van der Waals surface area contributed by atoms with Gasteiger partial charge < -0.3 is 5.11 Å². The summed E-state index contributed by atoms with van der Waals surface area (Å²) >= 11 is 0. The molecule has 1 heterocycles. The van der Waals surface area contributed by atoms with Crippen molar-refractivity contribution in [3.63, 3.8) is 0 Å². The van der Waals surface area contributed by atoms with Crippen LogP contribution in [0.15, 0.2) is 0 Å². The Morgan fingerprint density at radius 1 is 1.29 bits per heavy atom. The van der Waals surface area contributed by atoms with Gasteiger partial charge in [0.1, 0.15) is 0 Å². The average molecular weight is 196 g/mol. The molecule has 1 N–H and O–H groups in total. The lowest BCUT2D eigenvalue weighted by Gasteiger charge is -1.98. The van der Waals surface area contributed by atoms with E-state index in [1.165, 1.54) is 6.42 Å².